The number of carbonyl (C=O) groups excluding carboxylic acids is 1. The Hall–Kier alpha value is -2.61. The first-order valence-corrected chi connectivity index (χ1v) is 12.2. The lowest BCUT2D eigenvalue weighted by molar-refractivity contribution is -0.117. The molecule has 5 nitrogen and oxygen atoms in total. The highest BCUT2D eigenvalue weighted by molar-refractivity contribution is 7.98. The molecular formula is C23H24N2O3S2. The minimum atomic E-state index is -3.87. The van der Waals surface area contributed by atoms with Gasteiger partial charge in [-0.05, 0) is 49.4 Å². The number of rotatable bonds is 8. The number of benzene rings is 3. The summed E-state index contributed by atoms with van der Waals surface area (Å²) in [6, 6.07) is 22.4. The second-order valence-corrected chi connectivity index (χ2v) is 9.43. The number of hydrogen-bond acceptors (Lipinski definition) is 4. The molecule has 30 heavy (non-hydrogen) atoms. The van der Waals surface area contributed by atoms with E-state index in [1.54, 1.807) is 18.2 Å². The fraction of sp³-hybridized carbons (Fsp3) is 0.174. The van der Waals surface area contributed by atoms with Crippen molar-refractivity contribution in [2.75, 3.05) is 11.6 Å². The molecule has 0 aliphatic rings. The van der Waals surface area contributed by atoms with Gasteiger partial charge in [-0.2, -0.15) is 4.72 Å². The van der Waals surface area contributed by atoms with Crippen LogP contribution in [0.5, 0.6) is 0 Å². The maximum atomic E-state index is 13.1. The van der Waals surface area contributed by atoms with E-state index < -0.39 is 22.0 Å². The average molecular weight is 441 g/mol. The van der Waals surface area contributed by atoms with Gasteiger partial charge in [0.1, 0.15) is 6.04 Å². The third-order valence-corrected chi connectivity index (χ3v) is 6.88. The predicted molar refractivity (Wildman–Crippen MR) is 122 cm³/mol. The number of carbonyl (C=O) groups is 1. The van der Waals surface area contributed by atoms with Crippen molar-refractivity contribution in [2.45, 2.75) is 29.2 Å². The summed E-state index contributed by atoms with van der Waals surface area (Å²) in [6.07, 6.45) is 2.16. The van der Waals surface area contributed by atoms with Gasteiger partial charge in [-0.1, -0.05) is 60.2 Å². The predicted octanol–water partition coefficient (Wildman–Crippen LogP) is 4.25. The van der Waals surface area contributed by atoms with Gasteiger partial charge in [0.05, 0.1) is 10.6 Å². The normalized spacial score (nSPS) is 12.3. The van der Waals surface area contributed by atoms with Crippen LogP contribution in [0.1, 0.15) is 11.1 Å². The van der Waals surface area contributed by atoms with Crippen molar-refractivity contribution >= 4 is 33.4 Å². The molecule has 1 unspecified atom stereocenters. The quantitative estimate of drug-likeness (QED) is 0.514. The summed E-state index contributed by atoms with van der Waals surface area (Å²) in [5.74, 6) is -0.406. The number of aryl methyl sites for hydroxylation is 1. The van der Waals surface area contributed by atoms with Crippen LogP contribution in [0, 0.1) is 6.92 Å². The van der Waals surface area contributed by atoms with Crippen molar-refractivity contribution < 1.29 is 13.2 Å². The number of nitrogens with one attached hydrogen (secondary N) is 2. The molecule has 1 amide bonds. The Kier molecular flexibility index (Phi) is 7.31. The van der Waals surface area contributed by atoms with Gasteiger partial charge in [0.2, 0.25) is 15.9 Å². The smallest absolute Gasteiger partial charge is 0.242 e. The first-order valence-electron chi connectivity index (χ1n) is 9.46. The van der Waals surface area contributed by atoms with Gasteiger partial charge in [-0.25, -0.2) is 8.42 Å². The summed E-state index contributed by atoms with van der Waals surface area (Å²) in [7, 11) is -3.87. The Morgan fingerprint density at radius 3 is 2.23 bits per heavy atom. The molecule has 0 aromatic heterocycles. The Morgan fingerprint density at radius 1 is 0.933 bits per heavy atom. The van der Waals surface area contributed by atoms with Gasteiger partial charge in [0.15, 0.2) is 0 Å². The van der Waals surface area contributed by atoms with E-state index in [-0.39, 0.29) is 11.3 Å². The van der Waals surface area contributed by atoms with Crippen LogP contribution in [0.25, 0.3) is 0 Å². The lowest BCUT2D eigenvalue weighted by atomic mass is 10.1. The Bertz CT molecular complexity index is 1100. The average Bonchev–Trinajstić information content (AvgIpc) is 2.74. The molecule has 0 aliphatic heterocycles. The number of anilines is 1. The summed E-state index contributed by atoms with van der Waals surface area (Å²) in [5, 5.41) is 2.88. The molecule has 3 rings (SSSR count). The van der Waals surface area contributed by atoms with Crippen molar-refractivity contribution in [1.82, 2.24) is 4.72 Å². The van der Waals surface area contributed by atoms with Crippen LogP contribution in [0.15, 0.2) is 88.7 Å². The highest BCUT2D eigenvalue weighted by Crippen LogP contribution is 2.25. The van der Waals surface area contributed by atoms with Crippen LogP contribution in [-0.2, 0) is 21.2 Å². The van der Waals surface area contributed by atoms with Crippen LogP contribution in [0.2, 0.25) is 0 Å². The van der Waals surface area contributed by atoms with Gasteiger partial charge >= 0.3 is 0 Å². The molecule has 1 atom stereocenters. The van der Waals surface area contributed by atoms with Crippen LogP contribution in [0.4, 0.5) is 5.69 Å². The van der Waals surface area contributed by atoms with Crippen LogP contribution in [0.3, 0.4) is 0 Å². The number of sulfonamides is 1. The Balaban J connectivity index is 1.88. The van der Waals surface area contributed by atoms with Crippen LogP contribution < -0.4 is 10.0 Å². The molecule has 0 saturated carbocycles. The second-order valence-electron chi connectivity index (χ2n) is 6.87. The molecule has 0 heterocycles. The lowest BCUT2D eigenvalue weighted by Gasteiger charge is -2.20. The number of thioether (sulfide) groups is 1. The van der Waals surface area contributed by atoms with E-state index >= 15 is 0 Å². The standard InChI is InChI=1S/C23H24N2O3S2/c1-17-12-14-19(15-13-17)30(27,28)25-21(16-18-8-4-3-5-9-18)23(26)24-20-10-6-7-11-22(20)29-2/h3-15,21,25H,16H2,1-2H3,(H,24,26). The molecule has 0 spiro atoms. The van der Waals surface area contributed by atoms with E-state index in [2.05, 4.69) is 10.0 Å². The van der Waals surface area contributed by atoms with Gasteiger partial charge < -0.3 is 5.32 Å². The summed E-state index contributed by atoms with van der Waals surface area (Å²) in [6.45, 7) is 1.89. The summed E-state index contributed by atoms with van der Waals surface area (Å²) in [4.78, 5) is 14.1. The van der Waals surface area contributed by atoms with E-state index in [9.17, 15) is 13.2 Å². The zero-order chi connectivity index (χ0) is 21.6. The summed E-state index contributed by atoms with van der Waals surface area (Å²) < 4.78 is 28.4. The van der Waals surface area contributed by atoms with Gasteiger partial charge in [-0.15, -0.1) is 11.8 Å². The molecular weight excluding hydrogens is 416 g/mol. The van der Waals surface area contributed by atoms with Crippen molar-refractivity contribution in [3.05, 3.63) is 90.0 Å². The topological polar surface area (TPSA) is 75.3 Å². The first kappa shape index (κ1) is 22.1. The maximum Gasteiger partial charge on any atom is 0.242 e. The van der Waals surface area contributed by atoms with E-state index in [1.165, 1.54) is 23.9 Å². The SMILES string of the molecule is CSc1ccccc1NC(=O)C(Cc1ccccc1)NS(=O)(=O)c1ccc(C)cc1. The number of para-hydroxylation sites is 1. The molecule has 3 aromatic rings. The molecule has 0 aliphatic carbocycles. The fourth-order valence-corrected chi connectivity index (χ4v) is 4.73. The Labute approximate surface area is 182 Å². The van der Waals surface area contributed by atoms with Crippen molar-refractivity contribution in [3.8, 4) is 0 Å². The lowest BCUT2D eigenvalue weighted by Crippen LogP contribution is -2.45. The van der Waals surface area contributed by atoms with E-state index in [0.717, 1.165) is 16.0 Å². The Morgan fingerprint density at radius 2 is 1.57 bits per heavy atom. The van der Waals surface area contributed by atoms with Gasteiger partial charge in [0.25, 0.3) is 0 Å². The third kappa shape index (κ3) is 5.72. The number of hydrogen-bond donors (Lipinski definition) is 2. The monoisotopic (exact) mass is 440 g/mol. The van der Waals surface area contributed by atoms with Crippen LogP contribution in [-0.4, -0.2) is 26.6 Å². The van der Waals surface area contributed by atoms with Crippen molar-refractivity contribution in [2.24, 2.45) is 0 Å². The zero-order valence-corrected chi connectivity index (χ0v) is 18.5. The minimum Gasteiger partial charge on any atom is -0.324 e. The van der Waals surface area contributed by atoms with E-state index in [0.29, 0.717) is 5.69 Å². The summed E-state index contributed by atoms with van der Waals surface area (Å²) in [5.41, 5.74) is 2.48. The molecule has 0 fully saturated rings. The van der Waals surface area contributed by atoms with Crippen molar-refractivity contribution in [3.63, 3.8) is 0 Å². The number of amides is 1. The highest BCUT2D eigenvalue weighted by atomic mass is 32.2. The summed E-state index contributed by atoms with van der Waals surface area (Å²) >= 11 is 1.51. The minimum absolute atomic E-state index is 0.128. The zero-order valence-electron chi connectivity index (χ0n) is 16.8. The molecule has 156 valence electrons. The van der Waals surface area contributed by atoms with Gasteiger partial charge in [0, 0.05) is 4.90 Å². The molecule has 0 bridgehead atoms. The van der Waals surface area contributed by atoms with E-state index in [4.69, 9.17) is 0 Å². The van der Waals surface area contributed by atoms with Crippen LogP contribution >= 0.6 is 11.8 Å². The van der Waals surface area contributed by atoms with Gasteiger partial charge in [-0.3, -0.25) is 4.79 Å². The molecule has 0 radical (unpaired) electrons. The third-order valence-electron chi connectivity index (χ3n) is 4.59. The largest absolute Gasteiger partial charge is 0.324 e. The molecule has 0 saturated heterocycles. The van der Waals surface area contributed by atoms with Crippen molar-refractivity contribution in [1.29, 1.82) is 0 Å². The maximum absolute atomic E-state index is 13.1. The molecule has 2 N–H and O–H groups in total. The second kappa shape index (κ2) is 9.93. The highest BCUT2D eigenvalue weighted by Gasteiger charge is 2.26. The molecule has 7 heteroatoms. The molecule has 3 aromatic carbocycles. The fourth-order valence-electron chi connectivity index (χ4n) is 2.98. The first-order chi connectivity index (χ1) is 14.4. The van der Waals surface area contributed by atoms with E-state index in [1.807, 2.05) is 61.7 Å².